The fourth-order valence-electron chi connectivity index (χ4n) is 3.65. The maximum absolute atomic E-state index is 12.6. The van der Waals surface area contributed by atoms with Crippen molar-refractivity contribution in [3.8, 4) is 0 Å². The highest BCUT2D eigenvalue weighted by Gasteiger charge is 2.35. The van der Waals surface area contributed by atoms with E-state index in [2.05, 4.69) is 22.7 Å². The molecule has 2 atom stereocenters. The molecular formula is C16H26N4O. The van der Waals surface area contributed by atoms with Crippen LogP contribution in [0.15, 0.2) is 12.4 Å². The number of nitrogens with zero attached hydrogens (tertiary/aromatic N) is 2. The third-order valence-electron chi connectivity index (χ3n) is 5.07. The predicted octanol–water partition coefficient (Wildman–Crippen LogP) is 1.42. The molecule has 2 aliphatic rings. The minimum Gasteiger partial charge on any atom is -0.353 e. The third kappa shape index (κ3) is 3.28. The molecule has 0 unspecified atom stereocenters. The van der Waals surface area contributed by atoms with Crippen molar-refractivity contribution in [2.24, 2.45) is 18.9 Å². The summed E-state index contributed by atoms with van der Waals surface area (Å²) in [5.74, 6) is 1.32. The van der Waals surface area contributed by atoms with Crippen LogP contribution in [0.3, 0.4) is 0 Å². The number of hydrogen-bond acceptors (Lipinski definition) is 3. The quantitative estimate of drug-likeness (QED) is 0.885. The van der Waals surface area contributed by atoms with Crippen LogP contribution in [-0.4, -0.2) is 34.8 Å². The van der Waals surface area contributed by atoms with Gasteiger partial charge in [-0.25, -0.2) is 0 Å². The summed E-state index contributed by atoms with van der Waals surface area (Å²) in [4.78, 5) is 12.6. The standard InChI is InChI=1S/C16H26N4O/c1-11-3-5-13(6-4-11)19-16(21)15-9-17-8-14(15)12-7-18-20(2)10-12/h7,10-11,13-15,17H,3-6,8-9H2,1-2H3,(H,19,21)/t11?,13?,14-,15+/m1/s1. The van der Waals surface area contributed by atoms with Crippen LogP contribution in [0.2, 0.25) is 0 Å². The van der Waals surface area contributed by atoms with E-state index in [1.54, 1.807) is 0 Å². The topological polar surface area (TPSA) is 59.0 Å². The van der Waals surface area contributed by atoms with Gasteiger partial charge in [0.25, 0.3) is 0 Å². The van der Waals surface area contributed by atoms with Crippen molar-refractivity contribution < 1.29 is 4.79 Å². The van der Waals surface area contributed by atoms with Crippen LogP contribution in [0, 0.1) is 11.8 Å². The molecule has 2 fully saturated rings. The Kier molecular flexibility index (Phi) is 4.29. The number of nitrogens with one attached hydrogen (secondary N) is 2. The van der Waals surface area contributed by atoms with Gasteiger partial charge in [-0.3, -0.25) is 9.48 Å². The molecule has 116 valence electrons. The molecule has 1 aromatic heterocycles. The van der Waals surface area contributed by atoms with Gasteiger partial charge in [0.2, 0.25) is 5.91 Å². The first-order valence-electron chi connectivity index (χ1n) is 8.13. The lowest BCUT2D eigenvalue weighted by molar-refractivity contribution is -0.125. The van der Waals surface area contributed by atoms with Gasteiger partial charge in [-0.2, -0.15) is 5.10 Å². The summed E-state index contributed by atoms with van der Waals surface area (Å²) in [5, 5.41) is 10.9. The molecule has 2 heterocycles. The van der Waals surface area contributed by atoms with Gasteiger partial charge in [0.15, 0.2) is 0 Å². The molecule has 0 aromatic carbocycles. The third-order valence-corrected chi connectivity index (χ3v) is 5.07. The van der Waals surface area contributed by atoms with Crippen molar-refractivity contribution in [2.75, 3.05) is 13.1 Å². The molecule has 1 aliphatic carbocycles. The molecule has 5 heteroatoms. The Morgan fingerprint density at radius 1 is 1.33 bits per heavy atom. The first-order valence-corrected chi connectivity index (χ1v) is 8.13. The largest absolute Gasteiger partial charge is 0.353 e. The van der Waals surface area contributed by atoms with Gasteiger partial charge in [0.1, 0.15) is 0 Å². The SMILES string of the molecule is CC1CCC(NC(=O)[C@H]2CNC[C@@H]2c2cnn(C)c2)CC1. The number of aryl methyl sites for hydroxylation is 1. The summed E-state index contributed by atoms with van der Waals surface area (Å²) in [7, 11) is 1.92. The summed E-state index contributed by atoms with van der Waals surface area (Å²) in [6.07, 6.45) is 8.65. The highest BCUT2D eigenvalue weighted by atomic mass is 16.2. The molecule has 1 amide bonds. The van der Waals surface area contributed by atoms with Gasteiger partial charge in [-0.05, 0) is 37.2 Å². The molecule has 1 saturated carbocycles. The van der Waals surface area contributed by atoms with Crippen molar-refractivity contribution in [2.45, 2.75) is 44.6 Å². The van der Waals surface area contributed by atoms with E-state index < -0.39 is 0 Å². The summed E-state index contributed by atoms with van der Waals surface area (Å²) < 4.78 is 1.81. The van der Waals surface area contributed by atoms with E-state index in [9.17, 15) is 4.79 Å². The molecule has 1 aliphatic heterocycles. The Morgan fingerprint density at radius 2 is 2.10 bits per heavy atom. The monoisotopic (exact) mass is 290 g/mol. The van der Waals surface area contributed by atoms with E-state index in [0.29, 0.717) is 6.04 Å². The fraction of sp³-hybridized carbons (Fsp3) is 0.750. The first kappa shape index (κ1) is 14.6. The second-order valence-electron chi connectivity index (χ2n) is 6.78. The number of carbonyl (C=O) groups excluding carboxylic acids is 1. The number of aromatic nitrogens is 2. The second-order valence-corrected chi connectivity index (χ2v) is 6.78. The molecule has 21 heavy (non-hydrogen) atoms. The van der Waals surface area contributed by atoms with Crippen LogP contribution in [-0.2, 0) is 11.8 Å². The van der Waals surface area contributed by atoms with E-state index in [4.69, 9.17) is 0 Å². The number of hydrogen-bond donors (Lipinski definition) is 2. The highest BCUT2D eigenvalue weighted by molar-refractivity contribution is 5.80. The summed E-state index contributed by atoms with van der Waals surface area (Å²) in [6, 6.07) is 0.379. The van der Waals surface area contributed by atoms with Crippen molar-refractivity contribution in [1.29, 1.82) is 0 Å². The highest BCUT2D eigenvalue weighted by Crippen LogP contribution is 2.29. The first-order chi connectivity index (χ1) is 10.1. The van der Waals surface area contributed by atoms with E-state index >= 15 is 0 Å². The fourth-order valence-corrected chi connectivity index (χ4v) is 3.65. The zero-order chi connectivity index (χ0) is 14.8. The van der Waals surface area contributed by atoms with Gasteiger partial charge >= 0.3 is 0 Å². The predicted molar refractivity (Wildman–Crippen MR) is 81.9 cm³/mol. The maximum atomic E-state index is 12.6. The average molecular weight is 290 g/mol. The minimum atomic E-state index is 0.0357. The molecule has 1 saturated heterocycles. The minimum absolute atomic E-state index is 0.0357. The molecule has 5 nitrogen and oxygen atoms in total. The molecule has 1 aromatic rings. The Morgan fingerprint density at radius 3 is 2.76 bits per heavy atom. The lowest BCUT2D eigenvalue weighted by Crippen LogP contribution is -2.42. The van der Waals surface area contributed by atoms with Crippen LogP contribution in [0.25, 0.3) is 0 Å². The zero-order valence-corrected chi connectivity index (χ0v) is 13.0. The normalized spacial score (nSPS) is 33.0. The second kappa shape index (κ2) is 6.18. The molecule has 2 N–H and O–H groups in total. The van der Waals surface area contributed by atoms with Gasteiger partial charge < -0.3 is 10.6 Å². The zero-order valence-electron chi connectivity index (χ0n) is 13.0. The molecule has 0 radical (unpaired) electrons. The Bertz CT molecular complexity index is 490. The van der Waals surface area contributed by atoms with Gasteiger partial charge in [-0.1, -0.05) is 6.92 Å². The van der Waals surface area contributed by atoms with Crippen molar-refractivity contribution in [3.63, 3.8) is 0 Å². The van der Waals surface area contributed by atoms with Crippen LogP contribution >= 0.6 is 0 Å². The average Bonchev–Trinajstić information content (AvgIpc) is 3.09. The molecule has 3 rings (SSSR count). The maximum Gasteiger partial charge on any atom is 0.225 e. The van der Waals surface area contributed by atoms with E-state index in [-0.39, 0.29) is 17.7 Å². The van der Waals surface area contributed by atoms with Gasteiger partial charge in [0, 0.05) is 38.3 Å². The van der Waals surface area contributed by atoms with Crippen LogP contribution < -0.4 is 10.6 Å². The van der Waals surface area contributed by atoms with Crippen LogP contribution in [0.5, 0.6) is 0 Å². The summed E-state index contributed by atoms with van der Waals surface area (Å²) in [5.41, 5.74) is 1.17. The smallest absolute Gasteiger partial charge is 0.225 e. The Balaban J connectivity index is 1.61. The van der Waals surface area contributed by atoms with E-state index in [1.165, 1.54) is 18.4 Å². The van der Waals surface area contributed by atoms with Crippen molar-refractivity contribution >= 4 is 5.91 Å². The molecule has 0 bridgehead atoms. The number of amides is 1. The van der Waals surface area contributed by atoms with Gasteiger partial charge in [-0.15, -0.1) is 0 Å². The van der Waals surface area contributed by atoms with Crippen LogP contribution in [0.1, 0.15) is 44.1 Å². The van der Waals surface area contributed by atoms with Crippen LogP contribution in [0.4, 0.5) is 0 Å². The van der Waals surface area contributed by atoms with E-state index in [1.807, 2.05) is 24.1 Å². The molecule has 0 spiro atoms. The Hall–Kier alpha value is -1.36. The number of rotatable bonds is 3. The van der Waals surface area contributed by atoms with Crippen molar-refractivity contribution in [3.05, 3.63) is 18.0 Å². The number of carbonyl (C=O) groups is 1. The Labute approximate surface area is 126 Å². The lowest BCUT2D eigenvalue weighted by atomic mass is 9.86. The summed E-state index contributed by atoms with van der Waals surface area (Å²) >= 11 is 0. The lowest BCUT2D eigenvalue weighted by Gasteiger charge is -2.28. The molecular weight excluding hydrogens is 264 g/mol. The van der Waals surface area contributed by atoms with Crippen molar-refractivity contribution in [1.82, 2.24) is 20.4 Å². The summed E-state index contributed by atoms with van der Waals surface area (Å²) in [6.45, 7) is 3.94. The van der Waals surface area contributed by atoms with Gasteiger partial charge in [0.05, 0.1) is 12.1 Å². The van der Waals surface area contributed by atoms with E-state index in [0.717, 1.165) is 31.8 Å².